The molecule has 3 aromatic carbocycles. The van der Waals surface area contributed by atoms with E-state index >= 15 is 0 Å². The molecule has 1 unspecified atom stereocenters. The van der Waals surface area contributed by atoms with Crippen LogP contribution in [0.5, 0.6) is 0 Å². The number of nitrogens with zero attached hydrogens (tertiary/aromatic N) is 1. The molecule has 3 N–H and O–H groups in total. The van der Waals surface area contributed by atoms with E-state index in [-0.39, 0.29) is 22.5 Å². The van der Waals surface area contributed by atoms with E-state index < -0.39 is 17.0 Å². The molecule has 1 aromatic heterocycles. The second kappa shape index (κ2) is 13.2. The summed E-state index contributed by atoms with van der Waals surface area (Å²) in [5, 5.41) is 2.76. The molecule has 42 heavy (non-hydrogen) atoms. The maximum absolute atomic E-state index is 12.7. The van der Waals surface area contributed by atoms with Crippen molar-refractivity contribution in [1.29, 1.82) is 0 Å². The molecular formula is C34H34N4O4. The molecule has 0 radical (unpaired) electrons. The van der Waals surface area contributed by atoms with Crippen LogP contribution in [0.3, 0.4) is 0 Å². The van der Waals surface area contributed by atoms with Crippen LogP contribution in [0.15, 0.2) is 88.5 Å². The summed E-state index contributed by atoms with van der Waals surface area (Å²) in [6, 6.07) is 24.2. The number of nitrogens with one attached hydrogen (secondary N) is 3. The van der Waals surface area contributed by atoms with Crippen molar-refractivity contribution in [2.75, 3.05) is 13.1 Å². The van der Waals surface area contributed by atoms with Crippen LogP contribution in [-0.2, 0) is 17.8 Å². The quantitative estimate of drug-likeness (QED) is 0.305. The Morgan fingerprint density at radius 2 is 1.43 bits per heavy atom. The molecule has 0 saturated heterocycles. The number of H-pyrrole nitrogens is 2. The van der Waals surface area contributed by atoms with Crippen molar-refractivity contribution in [1.82, 2.24) is 20.2 Å². The highest BCUT2D eigenvalue weighted by Crippen LogP contribution is 2.19. The number of aromatic nitrogens is 2. The Morgan fingerprint density at radius 3 is 2.10 bits per heavy atom. The van der Waals surface area contributed by atoms with Gasteiger partial charge in [0.25, 0.3) is 17.0 Å². The van der Waals surface area contributed by atoms with Gasteiger partial charge in [-0.1, -0.05) is 73.7 Å². The van der Waals surface area contributed by atoms with Crippen LogP contribution in [0.1, 0.15) is 52.4 Å². The largest absolute Gasteiger partial charge is 0.316 e. The van der Waals surface area contributed by atoms with Crippen molar-refractivity contribution in [3.63, 3.8) is 0 Å². The molecule has 0 bridgehead atoms. The minimum Gasteiger partial charge on any atom is -0.316 e. The van der Waals surface area contributed by atoms with E-state index in [2.05, 4.69) is 44.5 Å². The minimum absolute atomic E-state index is 0.0974. The van der Waals surface area contributed by atoms with Crippen LogP contribution in [0.4, 0.5) is 0 Å². The zero-order chi connectivity index (χ0) is 29.5. The number of imide groups is 1. The van der Waals surface area contributed by atoms with E-state index in [1.807, 2.05) is 37.3 Å². The van der Waals surface area contributed by atoms with Crippen LogP contribution >= 0.6 is 0 Å². The molecule has 0 spiro atoms. The van der Waals surface area contributed by atoms with E-state index in [1.54, 1.807) is 30.3 Å². The summed E-state index contributed by atoms with van der Waals surface area (Å²) in [6.07, 6.45) is 5.75. The minimum atomic E-state index is -0.474. The van der Waals surface area contributed by atoms with Gasteiger partial charge in [-0.25, -0.2) is 0 Å². The second-order valence-electron chi connectivity index (χ2n) is 10.7. The summed E-state index contributed by atoms with van der Waals surface area (Å²) in [5.74, 6) is -1.06. The molecule has 2 heterocycles. The Balaban J connectivity index is 1.15. The first-order chi connectivity index (χ1) is 20.4. The van der Waals surface area contributed by atoms with E-state index in [9.17, 15) is 19.2 Å². The number of amides is 2. The van der Waals surface area contributed by atoms with E-state index in [4.69, 9.17) is 0 Å². The van der Waals surface area contributed by atoms with Gasteiger partial charge in [-0.2, -0.15) is 0 Å². The number of carbonyl (C=O) groups is 2. The summed E-state index contributed by atoms with van der Waals surface area (Å²) in [7, 11) is 0. The fraction of sp³-hybridized carbons (Fsp3) is 0.235. The highest BCUT2D eigenvalue weighted by molar-refractivity contribution is 6.05. The second-order valence-corrected chi connectivity index (χ2v) is 10.7. The maximum atomic E-state index is 12.7. The highest BCUT2D eigenvalue weighted by Gasteiger charge is 2.19. The van der Waals surface area contributed by atoms with Gasteiger partial charge in [0.1, 0.15) is 10.7 Å². The molecule has 0 fully saturated rings. The van der Waals surface area contributed by atoms with Crippen LogP contribution < -0.4 is 27.1 Å². The average molecular weight is 563 g/mol. The smallest absolute Gasteiger partial charge is 0.272 e. The molecule has 1 atom stereocenters. The molecule has 0 aliphatic carbocycles. The Hall–Kier alpha value is -4.82. The Labute approximate surface area is 243 Å². The van der Waals surface area contributed by atoms with Crippen molar-refractivity contribution in [2.45, 2.75) is 32.7 Å². The Bertz CT molecular complexity index is 1810. The molecule has 1 aliphatic rings. The van der Waals surface area contributed by atoms with Gasteiger partial charge in [0.05, 0.1) is 0 Å². The third-order valence-electron chi connectivity index (χ3n) is 7.59. The fourth-order valence-corrected chi connectivity index (χ4v) is 5.11. The van der Waals surface area contributed by atoms with Crippen LogP contribution in [0, 0.1) is 5.92 Å². The van der Waals surface area contributed by atoms with Crippen molar-refractivity contribution < 1.29 is 9.59 Å². The Morgan fingerprint density at radius 1 is 0.833 bits per heavy atom. The van der Waals surface area contributed by atoms with E-state index in [1.165, 1.54) is 17.2 Å². The van der Waals surface area contributed by atoms with Crippen molar-refractivity contribution in [2.24, 2.45) is 5.92 Å². The number of carbonyl (C=O) groups excluding carboxylic acids is 2. The van der Waals surface area contributed by atoms with Crippen molar-refractivity contribution in [3.8, 4) is 0 Å². The van der Waals surface area contributed by atoms with Gasteiger partial charge in [0, 0.05) is 24.6 Å². The zero-order valence-corrected chi connectivity index (χ0v) is 23.6. The molecule has 214 valence electrons. The third kappa shape index (κ3) is 7.27. The van der Waals surface area contributed by atoms with Gasteiger partial charge < -0.3 is 9.97 Å². The lowest BCUT2D eigenvalue weighted by molar-refractivity contribution is -0.123. The first-order valence-electron chi connectivity index (χ1n) is 14.2. The first-order valence-corrected chi connectivity index (χ1v) is 14.2. The van der Waals surface area contributed by atoms with Crippen LogP contribution in [-0.4, -0.2) is 39.8 Å². The monoisotopic (exact) mass is 562 g/mol. The number of hydrogen-bond acceptors (Lipinski definition) is 5. The maximum Gasteiger partial charge on any atom is 0.272 e. The highest BCUT2D eigenvalue weighted by atomic mass is 16.2. The van der Waals surface area contributed by atoms with E-state index in [0.29, 0.717) is 17.5 Å². The lowest BCUT2D eigenvalue weighted by atomic mass is 9.99. The van der Waals surface area contributed by atoms with Crippen molar-refractivity contribution in [3.05, 3.63) is 138 Å². The van der Waals surface area contributed by atoms with Gasteiger partial charge in [-0.15, -0.1) is 0 Å². The van der Waals surface area contributed by atoms with Gasteiger partial charge in [0.2, 0.25) is 5.91 Å². The zero-order valence-electron chi connectivity index (χ0n) is 23.6. The third-order valence-corrected chi connectivity index (χ3v) is 7.59. The lowest BCUT2D eigenvalue weighted by Gasteiger charge is -2.28. The summed E-state index contributed by atoms with van der Waals surface area (Å²) < 4.78 is 0. The number of aromatic amines is 2. The predicted octanol–water partition coefficient (Wildman–Crippen LogP) is 2.45. The first kappa shape index (κ1) is 28.7. The molecule has 4 aromatic rings. The molecule has 5 rings (SSSR count). The van der Waals surface area contributed by atoms with Crippen LogP contribution in [0.2, 0.25) is 0 Å². The molecule has 0 saturated carbocycles. The fourth-order valence-electron chi connectivity index (χ4n) is 5.11. The van der Waals surface area contributed by atoms with E-state index in [0.717, 1.165) is 38.0 Å². The summed E-state index contributed by atoms with van der Waals surface area (Å²) in [5.41, 5.74) is 3.67. The standard InChI is InChI=1S/C34H34N4O4/c1-23(8-7-18-38-19-17-26-11-5-6-12-28(26)22-38)31(39)37-32(40)27-15-13-25(14-16-27)21-30-34(42)35-29(33(41)36-30)20-24-9-3-2-4-10-24/h2-6,9-16,20-21,23H,7-8,17-19,22H2,1H3,(H,35,42)(H,36,41)(H,37,39,40). The molecule has 8 nitrogen and oxygen atoms in total. The van der Waals surface area contributed by atoms with Crippen LogP contribution in [0.25, 0.3) is 12.2 Å². The summed E-state index contributed by atoms with van der Waals surface area (Å²) in [4.78, 5) is 58.1. The Kier molecular flexibility index (Phi) is 9.04. The SMILES string of the molecule is CC(CCCN1CCc2ccccc2C1)C(=O)NC(=O)c1ccc(C=c2[nH]c(=O)c(=Cc3ccccc3)[nH]c2=O)cc1. The predicted molar refractivity (Wildman–Crippen MR) is 163 cm³/mol. The molecular weight excluding hydrogens is 528 g/mol. The van der Waals surface area contributed by atoms with Gasteiger partial charge in [-0.05, 0) is 72.3 Å². The average Bonchev–Trinajstić information content (AvgIpc) is 3.00. The normalized spacial score (nSPS) is 14.8. The topological polar surface area (TPSA) is 115 Å². The molecule has 8 heteroatoms. The van der Waals surface area contributed by atoms with Gasteiger partial charge in [-0.3, -0.25) is 29.4 Å². The number of benzene rings is 3. The lowest BCUT2D eigenvalue weighted by Crippen LogP contribution is -2.46. The number of rotatable bonds is 8. The van der Waals surface area contributed by atoms with Gasteiger partial charge in [0.15, 0.2) is 0 Å². The number of hydrogen-bond donors (Lipinski definition) is 3. The number of fused-ring (bicyclic) bond motifs is 1. The molecule has 1 aliphatic heterocycles. The summed E-state index contributed by atoms with van der Waals surface area (Å²) in [6.45, 7) is 4.71. The summed E-state index contributed by atoms with van der Waals surface area (Å²) >= 11 is 0. The molecule has 2 amide bonds. The van der Waals surface area contributed by atoms with Crippen molar-refractivity contribution >= 4 is 24.0 Å². The van der Waals surface area contributed by atoms with Gasteiger partial charge >= 0.3 is 0 Å².